The van der Waals surface area contributed by atoms with Crippen LogP contribution in [0, 0.1) is 11.3 Å². The molecule has 84 valence electrons. The van der Waals surface area contributed by atoms with Gasteiger partial charge in [-0.05, 0) is 12.1 Å². The first-order valence-corrected chi connectivity index (χ1v) is 4.19. The van der Waals surface area contributed by atoms with Gasteiger partial charge in [0.05, 0.1) is 27.8 Å². The number of nitriles is 1. The molecule has 1 aromatic rings. The number of carboxylic acid groups (broad SMARTS) is 1. The van der Waals surface area contributed by atoms with E-state index in [1.54, 1.807) is 0 Å². The van der Waals surface area contributed by atoms with Crippen molar-refractivity contribution in [3.05, 3.63) is 33.8 Å². The maximum Gasteiger partial charge on any atom is 0.417 e. The number of hydrogen-bond acceptors (Lipinski definition) is 2. The van der Waals surface area contributed by atoms with Crippen LogP contribution in [0.15, 0.2) is 12.1 Å². The number of alkyl halides is 3. The van der Waals surface area contributed by atoms with E-state index in [1.807, 2.05) is 0 Å². The third-order valence-electron chi connectivity index (χ3n) is 1.74. The molecular weight excluding hydrogens is 247 g/mol. The van der Waals surface area contributed by atoms with Crippen molar-refractivity contribution in [3.8, 4) is 6.07 Å². The number of rotatable bonds is 1. The van der Waals surface area contributed by atoms with Crippen LogP contribution in [0.2, 0.25) is 5.02 Å². The van der Waals surface area contributed by atoms with Gasteiger partial charge < -0.3 is 5.11 Å². The minimum atomic E-state index is -4.87. The van der Waals surface area contributed by atoms with Crippen LogP contribution in [-0.2, 0) is 6.18 Å². The van der Waals surface area contributed by atoms with Crippen molar-refractivity contribution in [2.75, 3.05) is 0 Å². The molecule has 0 saturated carbocycles. The van der Waals surface area contributed by atoms with Gasteiger partial charge in [-0.15, -0.1) is 0 Å². The summed E-state index contributed by atoms with van der Waals surface area (Å²) in [6.07, 6.45) is -4.87. The third kappa shape index (κ3) is 2.25. The number of benzene rings is 1. The van der Waals surface area contributed by atoms with Crippen LogP contribution in [0.5, 0.6) is 0 Å². The van der Waals surface area contributed by atoms with Crippen LogP contribution >= 0.6 is 11.6 Å². The van der Waals surface area contributed by atoms with Gasteiger partial charge >= 0.3 is 12.1 Å². The number of aromatic carboxylic acids is 1. The fourth-order valence-electron chi connectivity index (χ4n) is 1.11. The molecule has 0 bridgehead atoms. The lowest BCUT2D eigenvalue weighted by atomic mass is 10.0. The molecule has 0 unspecified atom stereocenters. The van der Waals surface area contributed by atoms with Crippen molar-refractivity contribution in [3.63, 3.8) is 0 Å². The van der Waals surface area contributed by atoms with E-state index in [1.165, 1.54) is 6.07 Å². The lowest BCUT2D eigenvalue weighted by Crippen LogP contribution is -2.14. The predicted octanol–water partition coefficient (Wildman–Crippen LogP) is 2.93. The molecule has 0 saturated heterocycles. The van der Waals surface area contributed by atoms with E-state index >= 15 is 0 Å². The highest BCUT2D eigenvalue weighted by Gasteiger charge is 2.37. The number of carbonyl (C=O) groups is 1. The van der Waals surface area contributed by atoms with Crippen LogP contribution in [-0.4, -0.2) is 11.1 Å². The van der Waals surface area contributed by atoms with E-state index in [-0.39, 0.29) is 5.56 Å². The predicted molar refractivity (Wildman–Crippen MR) is 48.1 cm³/mol. The Balaban J connectivity index is 3.61. The van der Waals surface area contributed by atoms with E-state index in [2.05, 4.69) is 0 Å². The van der Waals surface area contributed by atoms with E-state index in [9.17, 15) is 18.0 Å². The minimum absolute atomic E-state index is 0.345. The molecule has 1 N–H and O–H groups in total. The molecule has 0 aromatic heterocycles. The molecule has 0 aliphatic heterocycles. The Labute approximate surface area is 92.7 Å². The summed E-state index contributed by atoms with van der Waals surface area (Å²) in [5, 5.41) is 16.5. The maximum atomic E-state index is 12.5. The van der Waals surface area contributed by atoms with Gasteiger partial charge in [-0.3, -0.25) is 0 Å². The standard InChI is InChI=1S/C9H3ClF3NO2/c10-6-2-4(3-14)1-5(9(11,12)13)7(6)8(15)16/h1-2H,(H,15,16). The lowest BCUT2D eigenvalue weighted by Gasteiger charge is -2.11. The summed E-state index contributed by atoms with van der Waals surface area (Å²) in [5.41, 5.74) is -2.82. The Morgan fingerprint density at radius 3 is 2.38 bits per heavy atom. The minimum Gasteiger partial charge on any atom is -0.478 e. The molecule has 0 heterocycles. The largest absolute Gasteiger partial charge is 0.478 e. The van der Waals surface area contributed by atoms with E-state index in [0.29, 0.717) is 6.07 Å². The molecular formula is C9H3ClF3NO2. The zero-order valence-corrected chi connectivity index (χ0v) is 8.23. The van der Waals surface area contributed by atoms with Crippen LogP contribution in [0.1, 0.15) is 21.5 Å². The summed E-state index contributed by atoms with van der Waals surface area (Å²) in [5.74, 6) is -1.79. The molecule has 0 radical (unpaired) electrons. The SMILES string of the molecule is N#Cc1cc(Cl)c(C(=O)O)c(C(F)(F)F)c1. The van der Waals surface area contributed by atoms with Gasteiger partial charge in [-0.1, -0.05) is 11.6 Å². The Hall–Kier alpha value is -1.74. The number of hydrogen-bond donors (Lipinski definition) is 1. The van der Waals surface area contributed by atoms with E-state index in [4.69, 9.17) is 22.0 Å². The van der Waals surface area contributed by atoms with Crippen LogP contribution in [0.3, 0.4) is 0 Å². The summed E-state index contributed by atoms with van der Waals surface area (Å²) >= 11 is 5.38. The number of nitrogens with zero attached hydrogens (tertiary/aromatic N) is 1. The molecule has 0 fully saturated rings. The third-order valence-corrected chi connectivity index (χ3v) is 2.04. The van der Waals surface area contributed by atoms with Gasteiger partial charge in [0, 0.05) is 0 Å². The smallest absolute Gasteiger partial charge is 0.417 e. The molecule has 0 aliphatic carbocycles. The van der Waals surface area contributed by atoms with Crippen molar-refractivity contribution in [1.29, 1.82) is 5.26 Å². The molecule has 7 heteroatoms. The van der Waals surface area contributed by atoms with Crippen LogP contribution in [0.4, 0.5) is 13.2 Å². The summed E-state index contributed by atoms with van der Waals surface area (Å²) in [7, 11) is 0. The van der Waals surface area contributed by atoms with Gasteiger partial charge in [0.2, 0.25) is 0 Å². The Bertz CT molecular complexity index is 491. The summed E-state index contributed by atoms with van der Waals surface area (Å²) in [6.45, 7) is 0. The highest BCUT2D eigenvalue weighted by molar-refractivity contribution is 6.33. The first kappa shape index (κ1) is 12.3. The van der Waals surface area contributed by atoms with E-state index < -0.39 is 28.3 Å². The highest BCUT2D eigenvalue weighted by Crippen LogP contribution is 2.35. The Morgan fingerprint density at radius 2 is 2.00 bits per heavy atom. The molecule has 16 heavy (non-hydrogen) atoms. The quantitative estimate of drug-likeness (QED) is 0.832. The van der Waals surface area contributed by atoms with Gasteiger partial charge in [0.15, 0.2) is 0 Å². The molecule has 1 aromatic carbocycles. The fraction of sp³-hybridized carbons (Fsp3) is 0.111. The zero-order chi connectivity index (χ0) is 12.5. The van der Waals surface area contributed by atoms with Crippen molar-refractivity contribution < 1.29 is 23.1 Å². The second-order valence-corrected chi connectivity index (χ2v) is 3.20. The first-order valence-electron chi connectivity index (χ1n) is 3.81. The monoisotopic (exact) mass is 249 g/mol. The van der Waals surface area contributed by atoms with Gasteiger partial charge in [-0.25, -0.2) is 4.79 Å². The van der Waals surface area contributed by atoms with Crippen molar-refractivity contribution in [2.24, 2.45) is 0 Å². The lowest BCUT2D eigenvalue weighted by molar-refractivity contribution is -0.138. The topological polar surface area (TPSA) is 61.1 Å². The molecule has 0 spiro atoms. The molecule has 0 aliphatic rings. The summed E-state index contributed by atoms with van der Waals surface area (Å²) in [6, 6.07) is 2.80. The van der Waals surface area contributed by atoms with Crippen LogP contribution in [0.25, 0.3) is 0 Å². The second kappa shape index (κ2) is 4.02. The Morgan fingerprint density at radius 1 is 1.44 bits per heavy atom. The number of halogens is 4. The zero-order valence-electron chi connectivity index (χ0n) is 7.47. The van der Waals surface area contributed by atoms with Gasteiger partial charge in [-0.2, -0.15) is 18.4 Å². The second-order valence-electron chi connectivity index (χ2n) is 2.80. The van der Waals surface area contributed by atoms with Gasteiger partial charge in [0.25, 0.3) is 0 Å². The fourth-order valence-corrected chi connectivity index (χ4v) is 1.41. The van der Waals surface area contributed by atoms with Crippen LogP contribution < -0.4 is 0 Å². The van der Waals surface area contributed by atoms with Crippen molar-refractivity contribution in [1.82, 2.24) is 0 Å². The molecule has 3 nitrogen and oxygen atoms in total. The average molecular weight is 250 g/mol. The van der Waals surface area contributed by atoms with E-state index in [0.717, 1.165) is 6.07 Å². The molecule has 0 atom stereocenters. The summed E-state index contributed by atoms with van der Waals surface area (Å²) < 4.78 is 37.4. The van der Waals surface area contributed by atoms with Gasteiger partial charge in [0.1, 0.15) is 0 Å². The summed E-state index contributed by atoms with van der Waals surface area (Å²) in [4.78, 5) is 10.6. The number of carboxylic acids is 1. The van der Waals surface area contributed by atoms with Crippen molar-refractivity contribution in [2.45, 2.75) is 6.18 Å². The first-order chi connectivity index (χ1) is 7.27. The molecule has 1 rings (SSSR count). The van der Waals surface area contributed by atoms with Crippen molar-refractivity contribution >= 4 is 17.6 Å². The normalized spacial score (nSPS) is 10.9. The Kier molecular flexibility index (Phi) is 3.10. The molecule has 0 amide bonds. The average Bonchev–Trinajstić information content (AvgIpc) is 2.14. The highest BCUT2D eigenvalue weighted by atomic mass is 35.5. The maximum absolute atomic E-state index is 12.5.